The zero-order valence-corrected chi connectivity index (χ0v) is 12.5. The zero-order chi connectivity index (χ0) is 14.7. The number of aromatic amines is 1. The average Bonchev–Trinajstić information content (AvgIpc) is 2.78. The van der Waals surface area contributed by atoms with E-state index in [0.717, 1.165) is 31.5 Å². The summed E-state index contributed by atoms with van der Waals surface area (Å²) in [6.45, 7) is 4.32. The van der Waals surface area contributed by atoms with E-state index in [0.29, 0.717) is 13.0 Å². The molecule has 0 spiro atoms. The lowest BCUT2D eigenvalue weighted by molar-refractivity contribution is -0.131. The fraction of sp³-hybridized carbons (Fsp3) is 0.471. The van der Waals surface area contributed by atoms with Crippen molar-refractivity contribution in [1.82, 2.24) is 9.88 Å². The van der Waals surface area contributed by atoms with E-state index in [1.807, 2.05) is 30.2 Å². The van der Waals surface area contributed by atoms with E-state index in [2.05, 4.69) is 17.1 Å². The Bertz CT molecular complexity index is 620. The SMILES string of the molecule is CC1CN(C(=O)CCc2c[nH]c3ccccc23)CCCO1. The van der Waals surface area contributed by atoms with E-state index in [-0.39, 0.29) is 12.0 Å². The lowest BCUT2D eigenvalue weighted by Gasteiger charge is -2.22. The van der Waals surface area contributed by atoms with E-state index in [4.69, 9.17) is 4.74 Å². The predicted octanol–water partition coefficient (Wildman–Crippen LogP) is 2.74. The second kappa shape index (κ2) is 6.31. The molecule has 4 nitrogen and oxygen atoms in total. The maximum Gasteiger partial charge on any atom is 0.222 e. The second-order valence-corrected chi connectivity index (χ2v) is 5.73. The fourth-order valence-electron chi connectivity index (χ4n) is 2.96. The first kappa shape index (κ1) is 14.1. The number of ether oxygens (including phenoxy) is 1. The van der Waals surface area contributed by atoms with Crippen LogP contribution in [0.15, 0.2) is 30.5 Å². The van der Waals surface area contributed by atoms with Crippen molar-refractivity contribution in [3.8, 4) is 0 Å². The van der Waals surface area contributed by atoms with Gasteiger partial charge in [-0.3, -0.25) is 4.79 Å². The molecule has 0 aliphatic carbocycles. The minimum absolute atomic E-state index is 0.143. The van der Waals surface area contributed by atoms with Gasteiger partial charge in [0.1, 0.15) is 0 Å². The molecule has 2 aromatic rings. The Balaban J connectivity index is 1.62. The lowest BCUT2D eigenvalue weighted by atomic mass is 10.1. The van der Waals surface area contributed by atoms with Crippen LogP contribution in [0.3, 0.4) is 0 Å². The monoisotopic (exact) mass is 286 g/mol. The standard InChI is InChI=1S/C17H22N2O2/c1-13-12-19(9-4-10-21-13)17(20)8-7-14-11-18-16-6-3-2-5-15(14)16/h2-3,5-6,11,13,18H,4,7-10,12H2,1H3. The summed E-state index contributed by atoms with van der Waals surface area (Å²) in [5, 5.41) is 1.22. The molecule has 1 saturated heterocycles. The topological polar surface area (TPSA) is 45.3 Å². The number of aromatic nitrogens is 1. The molecule has 1 amide bonds. The Morgan fingerprint density at radius 2 is 2.29 bits per heavy atom. The maximum atomic E-state index is 12.4. The van der Waals surface area contributed by atoms with Crippen LogP contribution in [0.4, 0.5) is 0 Å². The Labute approximate surface area is 125 Å². The lowest BCUT2D eigenvalue weighted by Crippen LogP contribution is -2.36. The summed E-state index contributed by atoms with van der Waals surface area (Å²) in [6, 6.07) is 8.23. The van der Waals surface area contributed by atoms with Crippen molar-refractivity contribution in [2.24, 2.45) is 0 Å². The molecule has 1 atom stereocenters. The normalized spacial score (nSPS) is 19.7. The molecule has 1 unspecified atom stereocenters. The molecule has 1 aliphatic heterocycles. The van der Waals surface area contributed by atoms with Gasteiger partial charge in [0.15, 0.2) is 0 Å². The number of carbonyl (C=O) groups excluding carboxylic acids is 1. The molecule has 4 heteroatoms. The van der Waals surface area contributed by atoms with Crippen molar-refractivity contribution in [3.05, 3.63) is 36.0 Å². The number of carbonyl (C=O) groups is 1. The highest BCUT2D eigenvalue weighted by molar-refractivity contribution is 5.84. The van der Waals surface area contributed by atoms with Gasteiger partial charge in [-0.05, 0) is 31.4 Å². The second-order valence-electron chi connectivity index (χ2n) is 5.73. The van der Waals surface area contributed by atoms with Gasteiger partial charge >= 0.3 is 0 Å². The number of aryl methyl sites for hydroxylation is 1. The van der Waals surface area contributed by atoms with Crippen LogP contribution in [-0.4, -0.2) is 41.6 Å². The number of rotatable bonds is 3. The van der Waals surface area contributed by atoms with E-state index in [1.165, 1.54) is 10.9 Å². The van der Waals surface area contributed by atoms with E-state index < -0.39 is 0 Å². The molecule has 0 bridgehead atoms. The Morgan fingerprint density at radius 3 is 3.19 bits per heavy atom. The number of H-pyrrole nitrogens is 1. The highest BCUT2D eigenvalue weighted by Crippen LogP contribution is 2.19. The molecule has 2 heterocycles. The number of nitrogens with one attached hydrogen (secondary N) is 1. The number of nitrogens with zero attached hydrogens (tertiary/aromatic N) is 1. The first-order valence-corrected chi connectivity index (χ1v) is 7.68. The first-order chi connectivity index (χ1) is 10.2. The number of fused-ring (bicyclic) bond motifs is 1. The van der Waals surface area contributed by atoms with E-state index >= 15 is 0 Å². The van der Waals surface area contributed by atoms with Crippen LogP contribution in [0, 0.1) is 0 Å². The van der Waals surface area contributed by atoms with Crippen LogP contribution >= 0.6 is 0 Å². The van der Waals surface area contributed by atoms with Gasteiger partial charge in [-0.25, -0.2) is 0 Å². The Kier molecular flexibility index (Phi) is 4.25. The predicted molar refractivity (Wildman–Crippen MR) is 83.2 cm³/mol. The maximum absolute atomic E-state index is 12.4. The molecule has 0 radical (unpaired) electrons. The van der Waals surface area contributed by atoms with E-state index in [9.17, 15) is 4.79 Å². The van der Waals surface area contributed by atoms with E-state index in [1.54, 1.807) is 0 Å². The molecule has 0 saturated carbocycles. The van der Waals surface area contributed by atoms with Crippen LogP contribution in [-0.2, 0) is 16.0 Å². The Hall–Kier alpha value is -1.81. The summed E-state index contributed by atoms with van der Waals surface area (Å²) in [7, 11) is 0. The van der Waals surface area contributed by atoms with Crippen LogP contribution in [0.5, 0.6) is 0 Å². The molecule has 1 aromatic carbocycles. The van der Waals surface area contributed by atoms with Crippen molar-refractivity contribution in [1.29, 1.82) is 0 Å². The van der Waals surface area contributed by atoms with Gasteiger partial charge in [0.05, 0.1) is 6.10 Å². The smallest absolute Gasteiger partial charge is 0.222 e. The van der Waals surface area contributed by atoms with Crippen molar-refractivity contribution in [2.45, 2.75) is 32.3 Å². The molecule has 1 aliphatic rings. The summed E-state index contributed by atoms with van der Waals surface area (Å²) in [6.07, 6.45) is 4.45. The minimum atomic E-state index is 0.143. The van der Waals surface area contributed by atoms with Crippen LogP contribution in [0.1, 0.15) is 25.3 Å². The summed E-state index contributed by atoms with van der Waals surface area (Å²) < 4.78 is 5.59. The molecule has 1 aromatic heterocycles. The zero-order valence-electron chi connectivity index (χ0n) is 12.5. The summed E-state index contributed by atoms with van der Waals surface area (Å²) in [4.78, 5) is 17.6. The highest BCUT2D eigenvalue weighted by Gasteiger charge is 2.19. The molecular formula is C17H22N2O2. The van der Waals surface area contributed by atoms with Crippen LogP contribution in [0.25, 0.3) is 10.9 Å². The first-order valence-electron chi connectivity index (χ1n) is 7.68. The third-order valence-corrected chi connectivity index (χ3v) is 4.09. The van der Waals surface area contributed by atoms with Crippen molar-refractivity contribution < 1.29 is 9.53 Å². The van der Waals surface area contributed by atoms with Crippen molar-refractivity contribution in [2.75, 3.05) is 19.7 Å². The molecule has 1 N–H and O–H groups in total. The third kappa shape index (κ3) is 3.27. The average molecular weight is 286 g/mol. The quantitative estimate of drug-likeness (QED) is 0.943. The van der Waals surface area contributed by atoms with Gasteiger partial charge in [-0.15, -0.1) is 0 Å². The van der Waals surface area contributed by atoms with Gasteiger partial charge < -0.3 is 14.6 Å². The van der Waals surface area contributed by atoms with Gasteiger partial charge in [0.25, 0.3) is 0 Å². The van der Waals surface area contributed by atoms with Gasteiger partial charge in [0.2, 0.25) is 5.91 Å². The number of benzene rings is 1. The molecule has 3 rings (SSSR count). The number of para-hydroxylation sites is 1. The molecule has 112 valence electrons. The van der Waals surface area contributed by atoms with Gasteiger partial charge in [-0.1, -0.05) is 18.2 Å². The van der Waals surface area contributed by atoms with Crippen molar-refractivity contribution in [3.63, 3.8) is 0 Å². The highest BCUT2D eigenvalue weighted by atomic mass is 16.5. The molecular weight excluding hydrogens is 264 g/mol. The molecule has 21 heavy (non-hydrogen) atoms. The van der Waals surface area contributed by atoms with Gasteiger partial charge in [0, 0.05) is 43.2 Å². The summed E-state index contributed by atoms with van der Waals surface area (Å²) in [5.74, 6) is 0.234. The van der Waals surface area contributed by atoms with Crippen LogP contribution < -0.4 is 0 Å². The largest absolute Gasteiger partial charge is 0.377 e. The van der Waals surface area contributed by atoms with Crippen molar-refractivity contribution >= 4 is 16.8 Å². The summed E-state index contributed by atoms with van der Waals surface area (Å²) in [5.41, 5.74) is 2.36. The van der Waals surface area contributed by atoms with Gasteiger partial charge in [-0.2, -0.15) is 0 Å². The summed E-state index contributed by atoms with van der Waals surface area (Å²) >= 11 is 0. The van der Waals surface area contributed by atoms with Crippen LogP contribution in [0.2, 0.25) is 0 Å². The third-order valence-electron chi connectivity index (χ3n) is 4.09. The number of amides is 1. The molecule has 1 fully saturated rings. The minimum Gasteiger partial charge on any atom is -0.377 e. The number of hydrogen-bond acceptors (Lipinski definition) is 2. The number of hydrogen-bond donors (Lipinski definition) is 1. The Morgan fingerprint density at radius 1 is 1.43 bits per heavy atom. The fourth-order valence-corrected chi connectivity index (χ4v) is 2.96.